The van der Waals surface area contributed by atoms with Crippen LogP contribution >= 0.6 is 0 Å². The number of hydrogen-bond donors (Lipinski definition) is 0. The van der Waals surface area contributed by atoms with Gasteiger partial charge < -0.3 is 4.74 Å². The van der Waals surface area contributed by atoms with E-state index in [1.807, 2.05) is 6.92 Å². The first kappa shape index (κ1) is 6.01. The smallest absolute Gasteiger partial charge is 0.142 e. The Balaban J connectivity index is 2.62. The molecule has 0 spiro atoms. The molecule has 48 valence electrons. The van der Waals surface area contributed by atoms with Gasteiger partial charge in [0.15, 0.2) is 0 Å². The number of ether oxygens (including phenoxy) is 1. The van der Waals surface area contributed by atoms with Gasteiger partial charge >= 0.3 is 0 Å². The van der Waals surface area contributed by atoms with E-state index >= 15 is 0 Å². The molecule has 0 amide bonds. The fourth-order valence-electron chi connectivity index (χ4n) is 0.548. The van der Waals surface area contributed by atoms with Crippen molar-refractivity contribution in [2.24, 2.45) is 5.18 Å². The third-order valence-corrected chi connectivity index (χ3v) is 1.05. The topological polar surface area (TPSA) is 38.7 Å². The summed E-state index contributed by atoms with van der Waals surface area (Å²) >= 11 is 0. The lowest BCUT2D eigenvalue weighted by Gasteiger charge is -2.08. The van der Waals surface area contributed by atoms with E-state index in [1.165, 1.54) is 6.26 Å². The van der Waals surface area contributed by atoms with Gasteiger partial charge in [-0.1, -0.05) is 0 Å². The summed E-state index contributed by atoms with van der Waals surface area (Å²) in [6, 6.07) is 0. The van der Waals surface area contributed by atoms with Crippen LogP contribution in [0.15, 0.2) is 29.3 Å². The highest BCUT2D eigenvalue weighted by Crippen LogP contribution is 2.08. The van der Waals surface area contributed by atoms with Gasteiger partial charge in [-0.05, 0) is 24.3 Å². The van der Waals surface area contributed by atoms with E-state index in [1.54, 1.807) is 12.2 Å². The summed E-state index contributed by atoms with van der Waals surface area (Å²) in [6.07, 6.45) is 4.84. The molecule has 0 fully saturated rings. The third kappa shape index (κ3) is 1.38. The van der Waals surface area contributed by atoms with Crippen LogP contribution in [0, 0.1) is 4.91 Å². The fraction of sp³-hybridized carbons (Fsp3) is 0.333. The average molecular weight is 125 g/mol. The molecule has 3 heteroatoms. The van der Waals surface area contributed by atoms with E-state index in [0.717, 1.165) is 0 Å². The third-order valence-electron chi connectivity index (χ3n) is 1.05. The van der Waals surface area contributed by atoms with Gasteiger partial charge in [0.1, 0.15) is 18.1 Å². The van der Waals surface area contributed by atoms with Crippen LogP contribution in [0.2, 0.25) is 0 Å². The van der Waals surface area contributed by atoms with Gasteiger partial charge in [-0.25, -0.2) is 0 Å². The Morgan fingerprint density at radius 2 is 2.56 bits per heavy atom. The molecule has 0 aromatic heterocycles. The van der Waals surface area contributed by atoms with Crippen LogP contribution in [0.1, 0.15) is 6.92 Å². The summed E-state index contributed by atoms with van der Waals surface area (Å²) in [5.74, 6) is 0. The van der Waals surface area contributed by atoms with E-state index in [2.05, 4.69) is 5.18 Å². The van der Waals surface area contributed by atoms with Crippen molar-refractivity contribution in [1.29, 1.82) is 0 Å². The van der Waals surface area contributed by atoms with Crippen LogP contribution in [0.25, 0.3) is 0 Å². The maximum atomic E-state index is 9.82. The molecule has 0 aromatic carbocycles. The number of allylic oxidation sites excluding steroid dienone is 1. The summed E-state index contributed by atoms with van der Waals surface area (Å²) in [4.78, 5) is 9.82. The summed E-state index contributed by atoms with van der Waals surface area (Å²) in [7, 11) is 0. The number of nitrogens with zero attached hydrogens (tertiary/aromatic N) is 1. The lowest BCUT2D eigenvalue weighted by Crippen LogP contribution is -2.02. The Bertz CT molecular complexity index is 172. The lowest BCUT2D eigenvalue weighted by molar-refractivity contribution is 0.197. The van der Waals surface area contributed by atoms with Crippen molar-refractivity contribution in [3.63, 3.8) is 0 Å². The van der Waals surface area contributed by atoms with E-state index in [9.17, 15) is 4.91 Å². The molecule has 1 atom stereocenters. The average Bonchev–Trinajstić information content (AvgIpc) is 1.90. The van der Waals surface area contributed by atoms with E-state index in [4.69, 9.17) is 4.74 Å². The second-order valence-electron chi connectivity index (χ2n) is 1.83. The second kappa shape index (κ2) is 2.44. The molecule has 0 radical (unpaired) electrons. The number of nitroso groups, excluding NO2 is 1. The van der Waals surface area contributed by atoms with Crippen molar-refractivity contribution in [2.75, 3.05) is 0 Å². The van der Waals surface area contributed by atoms with Gasteiger partial charge in [0.25, 0.3) is 0 Å². The SMILES string of the molecule is CC1C=CC(N=O)=CO1. The molecule has 1 unspecified atom stereocenters. The summed E-state index contributed by atoms with van der Waals surface area (Å²) in [6.45, 7) is 1.88. The van der Waals surface area contributed by atoms with Crippen LogP contribution in [0.5, 0.6) is 0 Å². The van der Waals surface area contributed by atoms with Crippen LogP contribution in [0.4, 0.5) is 0 Å². The lowest BCUT2D eigenvalue weighted by atomic mass is 10.3. The van der Waals surface area contributed by atoms with Gasteiger partial charge in [-0.3, -0.25) is 0 Å². The normalized spacial score (nSPS) is 24.6. The Morgan fingerprint density at radius 3 is 3.00 bits per heavy atom. The molecular weight excluding hydrogens is 118 g/mol. The van der Waals surface area contributed by atoms with Crippen molar-refractivity contribution in [3.05, 3.63) is 29.0 Å². The van der Waals surface area contributed by atoms with Crippen molar-refractivity contribution >= 4 is 0 Å². The largest absolute Gasteiger partial charge is 0.492 e. The first-order chi connectivity index (χ1) is 4.33. The first-order valence-electron chi connectivity index (χ1n) is 2.70. The maximum Gasteiger partial charge on any atom is 0.142 e. The molecule has 0 saturated carbocycles. The van der Waals surface area contributed by atoms with Gasteiger partial charge in [-0.15, -0.1) is 4.91 Å². The summed E-state index contributed by atoms with van der Waals surface area (Å²) in [5, 5.41) is 2.68. The van der Waals surface area contributed by atoms with Crippen LogP contribution in [0.3, 0.4) is 0 Å². The molecule has 0 bridgehead atoms. The van der Waals surface area contributed by atoms with E-state index in [0.29, 0.717) is 5.70 Å². The van der Waals surface area contributed by atoms with Crippen molar-refractivity contribution in [2.45, 2.75) is 13.0 Å². The molecule has 1 aliphatic heterocycles. The minimum absolute atomic E-state index is 0.0653. The molecule has 1 heterocycles. The highest BCUT2D eigenvalue weighted by Gasteiger charge is 2.01. The van der Waals surface area contributed by atoms with E-state index in [-0.39, 0.29) is 6.10 Å². The molecule has 1 aliphatic rings. The zero-order valence-corrected chi connectivity index (χ0v) is 5.07. The zero-order chi connectivity index (χ0) is 6.69. The Hall–Kier alpha value is -1.12. The Kier molecular flexibility index (Phi) is 1.63. The standard InChI is InChI=1S/C6H7NO2/c1-5-2-3-6(7-8)4-9-5/h2-5H,1H3. The molecule has 0 aliphatic carbocycles. The maximum absolute atomic E-state index is 9.82. The summed E-state index contributed by atoms with van der Waals surface area (Å²) < 4.78 is 4.94. The zero-order valence-electron chi connectivity index (χ0n) is 5.07. The minimum Gasteiger partial charge on any atom is -0.492 e. The molecule has 1 rings (SSSR count). The minimum atomic E-state index is 0.0653. The van der Waals surface area contributed by atoms with Gasteiger partial charge in [-0.2, -0.15) is 0 Å². The number of hydrogen-bond acceptors (Lipinski definition) is 3. The first-order valence-corrected chi connectivity index (χ1v) is 2.70. The monoisotopic (exact) mass is 125 g/mol. The number of rotatable bonds is 1. The molecular formula is C6H7NO2. The van der Waals surface area contributed by atoms with Gasteiger partial charge in [0.05, 0.1) is 0 Å². The highest BCUT2D eigenvalue weighted by atomic mass is 16.5. The van der Waals surface area contributed by atoms with Crippen LogP contribution < -0.4 is 0 Å². The molecule has 0 N–H and O–H groups in total. The Morgan fingerprint density at radius 1 is 1.78 bits per heavy atom. The highest BCUT2D eigenvalue weighted by molar-refractivity contribution is 5.18. The van der Waals surface area contributed by atoms with Crippen LogP contribution in [-0.2, 0) is 4.74 Å². The van der Waals surface area contributed by atoms with Crippen molar-refractivity contribution < 1.29 is 4.74 Å². The van der Waals surface area contributed by atoms with Gasteiger partial charge in [0, 0.05) is 0 Å². The van der Waals surface area contributed by atoms with Gasteiger partial charge in [0.2, 0.25) is 0 Å². The van der Waals surface area contributed by atoms with Crippen LogP contribution in [-0.4, -0.2) is 6.10 Å². The molecule has 3 nitrogen and oxygen atoms in total. The molecule has 9 heavy (non-hydrogen) atoms. The van der Waals surface area contributed by atoms with E-state index < -0.39 is 0 Å². The fourth-order valence-corrected chi connectivity index (χ4v) is 0.548. The Labute approximate surface area is 53.0 Å². The molecule has 0 aromatic rings. The predicted molar refractivity (Wildman–Crippen MR) is 33.6 cm³/mol. The molecule has 0 saturated heterocycles. The predicted octanol–water partition coefficient (Wildman–Crippen LogP) is 1.57. The summed E-state index contributed by atoms with van der Waals surface area (Å²) in [5.41, 5.74) is 0.341. The van der Waals surface area contributed by atoms with Crippen molar-refractivity contribution in [3.8, 4) is 0 Å². The van der Waals surface area contributed by atoms with Crippen molar-refractivity contribution in [1.82, 2.24) is 0 Å². The quantitative estimate of drug-likeness (QED) is 0.499. The second-order valence-corrected chi connectivity index (χ2v) is 1.83.